The van der Waals surface area contributed by atoms with Gasteiger partial charge in [0.1, 0.15) is 0 Å². The maximum absolute atomic E-state index is 12.4. The van der Waals surface area contributed by atoms with E-state index in [4.69, 9.17) is 0 Å². The Bertz CT molecular complexity index is 776. The molecule has 0 saturated heterocycles. The van der Waals surface area contributed by atoms with E-state index in [1.807, 2.05) is 82.2 Å². The molecule has 0 fully saturated rings. The molecule has 0 saturated carbocycles. The summed E-state index contributed by atoms with van der Waals surface area (Å²) in [7, 11) is 3.92. The van der Waals surface area contributed by atoms with E-state index in [1.54, 1.807) is 0 Å². The van der Waals surface area contributed by atoms with Crippen molar-refractivity contribution in [2.75, 3.05) is 14.1 Å². The van der Waals surface area contributed by atoms with Crippen molar-refractivity contribution in [3.05, 3.63) is 71.3 Å². The zero-order valence-corrected chi connectivity index (χ0v) is 16.9. The molecule has 0 radical (unpaired) electrons. The fourth-order valence-electron chi connectivity index (χ4n) is 2.52. The lowest BCUT2D eigenvalue weighted by molar-refractivity contribution is 0.0919. The van der Waals surface area contributed by atoms with Gasteiger partial charge >= 0.3 is 0 Å². The van der Waals surface area contributed by atoms with Gasteiger partial charge < -0.3 is 15.5 Å². The fraction of sp³-hybridized carbons (Fsp3) is 0.364. The lowest BCUT2D eigenvalue weighted by Gasteiger charge is -2.20. The summed E-state index contributed by atoms with van der Waals surface area (Å²) in [5, 5.41) is 6.36. The molecule has 0 spiro atoms. The average Bonchev–Trinajstić information content (AvgIpc) is 2.61. The third-order valence-corrected chi connectivity index (χ3v) is 3.81. The Kier molecular flexibility index (Phi) is 6.99. The van der Waals surface area contributed by atoms with Gasteiger partial charge in [0.25, 0.3) is 5.91 Å². The van der Waals surface area contributed by atoms with E-state index in [1.165, 1.54) is 5.56 Å². The first kappa shape index (κ1) is 20.5. The first-order valence-corrected chi connectivity index (χ1v) is 9.15. The van der Waals surface area contributed by atoms with Gasteiger partial charge in [0, 0.05) is 31.7 Å². The summed E-state index contributed by atoms with van der Waals surface area (Å²) in [6.45, 7) is 7.14. The van der Waals surface area contributed by atoms with Crippen LogP contribution in [-0.2, 0) is 13.1 Å². The molecule has 27 heavy (non-hydrogen) atoms. The number of aliphatic imine (C=N–C) groups is 1. The SMILES string of the molecule is CN(C)C(=NCc1cccc(C(=O)NC(C)(C)C)c1)NCc1ccccc1. The van der Waals surface area contributed by atoms with E-state index in [0.717, 1.165) is 11.5 Å². The number of carbonyl (C=O) groups excluding carboxylic acids is 1. The number of rotatable bonds is 5. The van der Waals surface area contributed by atoms with E-state index < -0.39 is 0 Å². The quantitative estimate of drug-likeness (QED) is 0.630. The number of nitrogens with one attached hydrogen (secondary N) is 2. The number of nitrogens with zero attached hydrogens (tertiary/aromatic N) is 2. The summed E-state index contributed by atoms with van der Waals surface area (Å²) in [6, 6.07) is 17.8. The van der Waals surface area contributed by atoms with E-state index >= 15 is 0 Å². The van der Waals surface area contributed by atoms with Gasteiger partial charge in [-0.3, -0.25) is 4.79 Å². The predicted molar refractivity (Wildman–Crippen MR) is 112 cm³/mol. The Labute approximate surface area is 162 Å². The van der Waals surface area contributed by atoms with E-state index in [2.05, 4.69) is 27.8 Å². The van der Waals surface area contributed by atoms with Crippen LogP contribution in [0.4, 0.5) is 0 Å². The van der Waals surface area contributed by atoms with Gasteiger partial charge in [-0.2, -0.15) is 0 Å². The largest absolute Gasteiger partial charge is 0.352 e. The summed E-state index contributed by atoms with van der Waals surface area (Å²) >= 11 is 0. The van der Waals surface area contributed by atoms with Gasteiger partial charge in [0.2, 0.25) is 0 Å². The molecule has 5 nitrogen and oxygen atoms in total. The molecule has 5 heteroatoms. The third kappa shape index (κ3) is 7.13. The number of carbonyl (C=O) groups is 1. The third-order valence-electron chi connectivity index (χ3n) is 3.81. The van der Waals surface area contributed by atoms with Crippen LogP contribution >= 0.6 is 0 Å². The molecular formula is C22H30N4O. The maximum atomic E-state index is 12.4. The summed E-state index contributed by atoms with van der Waals surface area (Å²) in [5.41, 5.74) is 2.59. The van der Waals surface area contributed by atoms with Gasteiger partial charge in [-0.25, -0.2) is 4.99 Å². The number of hydrogen-bond acceptors (Lipinski definition) is 2. The molecule has 0 aliphatic heterocycles. The Morgan fingerprint density at radius 3 is 2.30 bits per heavy atom. The van der Waals surface area contributed by atoms with Crippen molar-refractivity contribution in [3.63, 3.8) is 0 Å². The minimum atomic E-state index is -0.259. The van der Waals surface area contributed by atoms with Gasteiger partial charge in [0.15, 0.2) is 5.96 Å². The Hall–Kier alpha value is -2.82. The van der Waals surface area contributed by atoms with Crippen molar-refractivity contribution in [2.45, 2.75) is 39.4 Å². The molecule has 1 amide bonds. The molecule has 2 N–H and O–H groups in total. The Morgan fingerprint density at radius 1 is 1.00 bits per heavy atom. The highest BCUT2D eigenvalue weighted by Gasteiger charge is 2.15. The maximum Gasteiger partial charge on any atom is 0.251 e. The van der Waals surface area contributed by atoms with Crippen LogP contribution < -0.4 is 10.6 Å². The fourth-order valence-corrected chi connectivity index (χ4v) is 2.52. The summed E-state index contributed by atoms with van der Waals surface area (Å²) < 4.78 is 0. The molecule has 0 atom stereocenters. The lowest BCUT2D eigenvalue weighted by atomic mass is 10.1. The van der Waals surface area contributed by atoms with Crippen LogP contribution in [0.5, 0.6) is 0 Å². The molecule has 0 unspecified atom stereocenters. The van der Waals surface area contributed by atoms with Crippen molar-refractivity contribution in [1.82, 2.24) is 15.5 Å². The normalized spacial score (nSPS) is 11.8. The monoisotopic (exact) mass is 366 g/mol. The molecule has 0 heterocycles. The van der Waals surface area contributed by atoms with Crippen LogP contribution in [0.15, 0.2) is 59.6 Å². The summed E-state index contributed by atoms with van der Waals surface area (Å²) in [5.74, 6) is 0.742. The molecule has 2 aromatic carbocycles. The Balaban J connectivity index is 2.05. The highest BCUT2D eigenvalue weighted by atomic mass is 16.1. The van der Waals surface area contributed by atoms with Crippen LogP contribution in [-0.4, -0.2) is 36.4 Å². The second kappa shape index (κ2) is 9.21. The van der Waals surface area contributed by atoms with Crippen LogP contribution in [0, 0.1) is 0 Å². The van der Waals surface area contributed by atoms with Crippen molar-refractivity contribution in [1.29, 1.82) is 0 Å². The molecule has 0 bridgehead atoms. The van der Waals surface area contributed by atoms with Crippen LogP contribution in [0.1, 0.15) is 42.3 Å². The number of guanidine groups is 1. The second-order valence-corrected chi connectivity index (χ2v) is 7.78. The molecule has 2 aromatic rings. The highest BCUT2D eigenvalue weighted by Crippen LogP contribution is 2.09. The first-order chi connectivity index (χ1) is 12.7. The molecule has 0 aromatic heterocycles. The summed E-state index contributed by atoms with van der Waals surface area (Å²) in [6.07, 6.45) is 0. The number of hydrogen-bond donors (Lipinski definition) is 2. The van der Waals surface area contributed by atoms with Gasteiger partial charge in [0.05, 0.1) is 6.54 Å². The molecule has 0 aliphatic carbocycles. The number of amides is 1. The second-order valence-electron chi connectivity index (χ2n) is 7.78. The zero-order valence-electron chi connectivity index (χ0n) is 16.9. The Morgan fingerprint density at radius 2 is 1.67 bits per heavy atom. The van der Waals surface area contributed by atoms with Gasteiger partial charge in [-0.05, 0) is 44.0 Å². The van der Waals surface area contributed by atoms with Crippen LogP contribution in [0.25, 0.3) is 0 Å². The predicted octanol–water partition coefficient (Wildman–Crippen LogP) is 3.42. The molecular weight excluding hydrogens is 336 g/mol. The van der Waals surface area contributed by atoms with Crippen LogP contribution in [0.3, 0.4) is 0 Å². The topological polar surface area (TPSA) is 56.7 Å². The minimum absolute atomic E-state index is 0.0663. The highest BCUT2D eigenvalue weighted by molar-refractivity contribution is 5.94. The first-order valence-electron chi connectivity index (χ1n) is 9.15. The van der Waals surface area contributed by atoms with Gasteiger partial charge in [-0.15, -0.1) is 0 Å². The summed E-state index contributed by atoms with van der Waals surface area (Å²) in [4.78, 5) is 19.0. The van der Waals surface area contributed by atoms with E-state index in [9.17, 15) is 4.79 Å². The van der Waals surface area contributed by atoms with Crippen molar-refractivity contribution in [2.24, 2.45) is 4.99 Å². The average molecular weight is 367 g/mol. The smallest absolute Gasteiger partial charge is 0.251 e. The standard InChI is InChI=1S/C22H30N4O/c1-22(2,3)25-20(27)19-13-9-12-18(14-19)16-24-21(26(4)5)23-15-17-10-7-6-8-11-17/h6-14H,15-16H2,1-5H3,(H,23,24)(H,25,27). The zero-order chi connectivity index (χ0) is 19.9. The van der Waals surface area contributed by atoms with E-state index in [0.29, 0.717) is 18.7 Å². The molecule has 144 valence electrons. The molecule has 2 rings (SSSR count). The van der Waals surface area contributed by atoms with E-state index in [-0.39, 0.29) is 11.4 Å². The van der Waals surface area contributed by atoms with Crippen molar-refractivity contribution < 1.29 is 4.79 Å². The van der Waals surface area contributed by atoms with Gasteiger partial charge in [-0.1, -0.05) is 42.5 Å². The lowest BCUT2D eigenvalue weighted by Crippen LogP contribution is -2.40. The van der Waals surface area contributed by atoms with Crippen molar-refractivity contribution in [3.8, 4) is 0 Å². The van der Waals surface area contributed by atoms with Crippen molar-refractivity contribution >= 4 is 11.9 Å². The number of benzene rings is 2. The molecule has 0 aliphatic rings. The minimum Gasteiger partial charge on any atom is -0.352 e. The van der Waals surface area contributed by atoms with Crippen LogP contribution in [0.2, 0.25) is 0 Å².